The Bertz CT molecular complexity index is 1550. The van der Waals surface area contributed by atoms with Crippen LogP contribution in [0, 0.1) is 0 Å². The first-order chi connectivity index (χ1) is 25.6. The van der Waals surface area contributed by atoms with Crippen molar-refractivity contribution < 1.29 is 76.4 Å². The van der Waals surface area contributed by atoms with Crippen molar-refractivity contribution in [3.05, 3.63) is 89.5 Å². The standard InChI is InChI=1S/3C10H12F5NOS.CH3FS/c3*11-18(12,13,14,15)9-3-1-8(2-4-9)10-7-17-6-5-16-10;1-3-2/h3*1-4,10,16H,5-7H2;1H3/t2*10-;;/m10../s1. The Labute approximate surface area is 322 Å². The van der Waals surface area contributed by atoms with Crippen molar-refractivity contribution in [2.75, 3.05) is 65.5 Å². The summed E-state index contributed by atoms with van der Waals surface area (Å²) >= 11 is 0.250. The molecule has 0 spiro atoms. The summed E-state index contributed by atoms with van der Waals surface area (Å²) in [5.74, 6) is 0. The molecule has 0 aromatic heterocycles. The topological polar surface area (TPSA) is 63.8 Å². The Morgan fingerprint density at radius 2 is 0.614 bits per heavy atom. The molecule has 0 aliphatic carbocycles. The summed E-state index contributed by atoms with van der Waals surface area (Å²) in [6.45, 7) is 4.26. The van der Waals surface area contributed by atoms with Gasteiger partial charge in [-0.05, 0) is 53.1 Å². The van der Waals surface area contributed by atoms with Crippen LogP contribution in [0.5, 0.6) is 0 Å². The summed E-state index contributed by atoms with van der Waals surface area (Å²) in [5, 5.41) is 9.09. The second kappa shape index (κ2) is 15.6. The highest BCUT2D eigenvalue weighted by molar-refractivity contribution is 8.46. The van der Waals surface area contributed by atoms with Crippen LogP contribution >= 0.6 is 42.8 Å². The Morgan fingerprint density at radius 1 is 0.421 bits per heavy atom. The van der Waals surface area contributed by atoms with Gasteiger partial charge in [-0.25, -0.2) is 0 Å². The lowest BCUT2D eigenvalue weighted by atomic mass is 10.1. The summed E-state index contributed by atoms with van der Waals surface area (Å²) in [6, 6.07) is 8.10. The number of morpholine rings is 3. The van der Waals surface area contributed by atoms with Crippen molar-refractivity contribution >= 4 is 42.8 Å². The predicted molar refractivity (Wildman–Crippen MR) is 193 cm³/mol. The molecule has 6 nitrogen and oxygen atoms in total. The Kier molecular flexibility index (Phi) is 13.4. The van der Waals surface area contributed by atoms with Crippen LogP contribution in [-0.2, 0) is 14.2 Å². The van der Waals surface area contributed by atoms with Crippen LogP contribution < -0.4 is 16.0 Å². The van der Waals surface area contributed by atoms with Crippen molar-refractivity contribution in [1.82, 2.24) is 16.0 Å². The van der Waals surface area contributed by atoms with Crippen LogP contribution in [-0.4, -0.2) is 65.5 Å². The fourth-order valence-corrected chi connectivity index (χ4v) is 7.16. The minimum atomic E-state index is -9.56. The number of benzene rings is 3. The fraction of sp³-hybridized carbons (Fsp3) is 0.419. The van der Waals surface area contributed by atoms with Crippen LogP contribution in [0.25, 0.3) is 0 Å². The average Bonchev–Trinajstić information content (AvgIpc) is 3.11. The molecule has 57 heavy (non-hydrogen) atoms. The van der Waals surface area contributed by atoms with E-state index in [1.807, 2.05) is 0 Å². The van der Waals surface area contributed by atoms with Gasteiger partial charge in [0.05, 0.1) is 57.8 Å². The molecule has 3 aliphatic heterocycles. The largest absolute Gasteiger partial charge is 0.378 e. The second-order valence-corrected chi connectivity index (χ2v) is 20.0. The Hall–Kier alpha value is -2.30. The van der Waals surface area contributed by atoms with Crippen LogP contribution in [0.3, 0.4) is 0 Å². The molecule has 3 fully saturated rings. The van der Waals surface area contributed by atoms with Gasteiger partial charge in [0.2, 0.25) is 0 Å². The van der Waals surface area contributed by atoms with E-state index in [-0.39, 0.29) is 30.3 Å². The molecule has 3 aromatic carbocycles. The third kappa shape index (κ3) is 16.3. The first-order valence-corrected chi connectivity index (χ1v) is 23.2. The first kappa shape index (κ1) is 49.1. The van der Waals surface area contributed by atoms with E-state index >= 15 is 0 Å². The SMILES string of the molecule is CSF.FS(F)(F)(F)(F)c1ccc(C2COCCN2)cc1.FS(F)(F)(F)(F)c1ccc([C@@H]2COCCN2)cc1.FS(F)(F)(F)(F)c1ccc([C@H]2COCCN2)cc1. The number of hydrogen-bond acceptors (Lipinski definition) is 7. The molecule has 0 saturated carbocycles. The van der Waals surface area contributed by atoms with Gasteiger partial charge in [-0.2, -0.15) is 3.89 Å². The minimum Gasteiger partial charge on any atom is -0.378 e. The molecule has 26 heteroatoms. The highest BCUT2D eigenvalue weighted by Crippen LogP contribution is 3.03. The van der Waals surface area contributed by atoms with Crippen molar-refractivity contribution in [2.45, 2.75) is 32.8 Å². The molecule has 0 bridgehead atoms. The number of nitrogens with one attached hydrogen (secondary N) is 3. The number of rotatable bonds is 6. The van der Waals surface area contributed by atoms with E-state index < -0.39 is 45.4 Å². The van der Waals surface area contributed by atoms with E-state index in [0.29, 0.717) is 112 Å². The average molecular weight is 934 g/mol. The molecule has 3 aromatic rings. The van der Waals surface area contributed by atoms with Crippen LogP contribution in [0.4, 0.5) is 62.2 Å². The quantitative estimate of drug-likeness (QED) is 0.213. The molecular formula is C31H39F16N3O3S4. The van der Waals surface area contributed by atoms with E-state index in [1.165, 1.54) is 6.26 Å². The molecule has 0 radical (unpaired) electrons. The van der Waals surface area contributed by atoms with Crippen molar-refractivity contribution in [1.29, 1.82) is 0 Å². The molecule has 3 heterocycles. The van der Waals surface area contributed by atoms with E-state index in [2.05, 4.69) is 16.0 Å². The molecule has 332 valence electrons. The number of halogens is 16. The van der Waals surface area contributed by atoms with Crippen molar-refractivity contribution in [2.24, 2.45) is 0 Å². The molecule has 3 atom stereocenters. The van der Waals surface area contributed by atoms with Gasteiger partial charge in [0.1, 0.15) is 14.7 Å². The van der Waals surface area contributed by atoms with Gasteiger partial charge in [-0.15, -0.1) is 0 Å². The van der Waals surface area contributed by atoms with Crippen molar-refractivity contribution in [3.8, 4) is 0 Å². The van der Waals surface area contributed by atoms with Gasteiger partial charge < -0.3 is 30.2 Å². The van der Waals surface area contributed by atoms with E-state index in [9.17, 15) is 62.2 Å². The summed E-state index contributed by atoms with van der Waals surface area (Å²) < 4.78 is 213. The smallest absolute Gasteiger partial charge is 0.310 e. The first-order valence-electron chi connectivity index (χ1n) is 16.2. The lowest BCUT2D eigenvalue weighted by Crippen LogP contribution is -2.34. The third-order valence-corrected chi connectivity index (χ3v) is 11.4. The Morgan fingerprint density at radius 3 is 0.754 bits per heavy atom. The van der Waals surface area contributed by atoms with Gasteiger partial charge >= 0.3 is 30.7 Å². The zero-order valence-electron chi connectivity index (χ0n) is 29.4. The molecule has 3 aliphatic rings. The lowest BCUT2D eigenvalue weighted by molar-refractivity contribution is 0.0768. The highest BCUT2D eigenvalue weighted by atomic mass is 32.5. The third-order valence-electron chi connectivity index (χ3n) is 7.95. The summed E-state index contributed by atoms with van der Waals surface area (Å²) in [7, 11) is -28.7. The van der Waals surface area contributed by atoms with Crippen LogP contribution in [0.1, 0.15) is 34.8 Å². The zero-order valence-corrected chi connectivity index (χ0v) is 32.7. The zero-order chi connectivity index (χ0) is 43.2. The molecule has 0 amide bonds. The summed E-state index contributed by atoms with van der Waals surface area (Å²) in [6.07, 6.45) is 1.38. The molecule has 6 rings (SSSR count). The van der Waals surface area contributed by atoms with Gasteiger partial charge in [0.25, 0.3) is 0 Å². The normalized spacial score (nSPS) is 24.3. The van der Waals surface area contributed by atoms with E-state index in [1.54, 1.807) is 0 Å². The maximum atomic E-state index is 12.5. The van der Waals surface area contributed by atoms with Gasteiger partial charge in [-0.1, -0.05) is 94.7 Å². The van der Waals surface area contributed by atoms with Gasteiger partial charge in [-0.3, -0.25) is 0 Å². The minimum absolute atomic E-state index is 0.250. The fourth-order valence-electron chi connectivity index (χ4n) is 5.21. The second-order valence-electron chi connectivity index (χ2n) is 12.5. The lowest BCUT2D eigenvalue weighted by Gasteiger charge is -2.40. The van der Waals surface area contributed by atoms with Gasteiger partial charge in [0.15, 0.2) is 0 Å². The summed E-state index contributed by atoms with van der Waals surface area (Å²) in [5.41, 5.74) is 1.50. The molecule has 3 N–H and O–H groups in total. The number of hydrogen-bond donors (Lipinski definition) is 3. The maximum Gasteiger partial charge on any atom is 0.310 e. The Balaban J connectivity index is 0.000000221. The number of ether oxygens (including phenoxy) is 3. The highest BCUT2D eigenvalue weighted by Gasteiger charge is 2.66. The molecule has 1 unspecified atom stereocenters. The maximum absolute atomic E-state index is 12.5. The monoisotopic (exact) mass is 933 g/mol. The van der Waals surface area contributed by atoms with E-state index in [0.717, 1.165) is 36.4 Å². The predicted octanol–water partition coefficient (Wildman–Crippen LogP) is 13.2. The molecule has 3 saturated heterocycles. The molecular weight excluding hydrogens is 895 g/mol. The van der Waals surface area contributed by atoms with Crippen LogP contribution in [0.2, 0.25) is 0 Å². The summed E-state index contributed by atoms with van der Waals surface area (Å²) in [4.78, 5) is -5.60. The van der Waals surface area contributed by atoms with Gasteiger partial charge in [0, 0.05) is 38.0 Å². The van der Waals surface area contributed by atoms with E-state index in [4.69, 9.17) is 14.2 Å². The van der Waals surface area contributed by atoms with Crippen molar-refractivity contribution in [3.63, 3.8) is 0 Å². The van der Waals surface area contributed by atoms with Crippen LogP contribution in [0.15, 0.2) is 87.5 Å².